The second-order valence-corrected chi connectivity index (χ2v) is 5.01. The molecule has 2 nitrogen and oxygen atoms in total. The molecule has 1 atom stereocenters. The van der Waals surface area contributed by atoms with E-state index in [4.69, 9.17) is 5.73 Å². The number of hydrogen-bond acceptors (Lipinski definition) is 3. The largest absolute Gasteiger partial charge is 0.311 e. The Labute approximate surface area is 96.0 Å². The van der Waals surface area contributed by atoms with Crippen LogP contribution in [0.25, 0.3) is 0 Å². The lowest BCUT2D eigenvalue weighted by Gasteiger charge is -2.19. The molecule has 1 aliphatic heterocycles. The highest BCUT2D eigenvalue weighted by atomic mass is 32.2. The first-order valence-electron chi connectivity index (χ1n) is 5.62. The van der Waals surface area contributed by atoms with E-state index in [-0.39, 0.29) is 6.17 Å². The van der Waals surface area contributed by atoms with E-state index >= 15 is 0 Å². The maximum Gasteiger partial charge on any atom is 0.0944 e. The maximum atomic E-state index is 6.18. The van der Waals surface area contributed by atoms with Crippen LogP contribution in [0.4, 0.5) is 0 Å². The fourth-order valence-electron chi connectivity index (χ4n) is 1.85. The molecule has 0 fully saturated rings. The van der Waals surface area contributed by atoms with E-state index in [2.05, 4.69) is 35.5 Å². The summed E-state index contributed by atoms with van der Waals surface area (Å²) >= 11 is 1.80. The molecule has 15 heavy (non-hydrogen) atoms. The van der Waals surface area contributed by atoms with Crippen LogP contribution in [0.2, 0.25) is 0 Å². The summed E-state index contributed by atoms with van der Waals surface area (Å²) in [5.74, 6) is 0. The van der Waals surface area contributed by atoms with Crippen LogP contribution >= 0.6 is 11.9 Å². The fraction of sp³-hybridized carbons (Fsp3) is 0.500. The van der Waals surface area contributed by atoms with Crippen molar-refractivity contribution >= 4 is 11.9 Å². The third kappa shape index (κ3) is 2.36. The Balaban J connectivity index is 1.97. The number of hydrogen-bond donors (Lipinski definition) is 1. The highest BCUT2D eigenvalue weighted by Gasteiger charge is 2.26. The Morgan fingerprint density at radius 3 is 2.87 bits per heavy atom. The minimum absolute atomic E-state index is 0.0862. The topological polar surface area (TPSA) is 29.3 Å². The number of benzene rings is 1. The minimum atomic E-state index is 0.0862. The molecule has 0 bridgehead atoms. The third-order valence-corrected chi connectivity index (χ3v) is 3.96. The van der Waals surface area contributed by atoms with Gasteiger partial charge in [0, 0.05) is 11.4 Å². The van der Waals surface area contributed by atoms with Crippen molar-refractivity contribution in [2.45, 2.75) is 37.2 Å². The van der Waals surface area contributed by atoms with Gasteiger partial charge in [0.25, 0.3) is 0 Å². The van der Waals surface area contributed by atoms with Gasteiger partial charge in [-0.25, -0.2) is 4.31 Å². The lowest BCUT2D eigenvalue weighted by atomic mass is 10.1. The number of nitrogens with two attached hydrogens (primary N) is 1. The van der Waals surface area contributed by atoms with Crippen LogP contribution < -0.4 is 5.73 Å². The number of unbranched alkanes of at least 4 members (excludes halogenated alkanes) is 2. The van der Waals surface area contributed by atoms with Crippen molar-refractivity contribution in [2.75, 3.05) is 6.54 Å². The van der Waals surface area contributed by atoms with E-state index in [0.717, 1.165) is 6.54 Å². The second kappa shape index (κ2) is 5.01. The van der Waals surface area contributed by atoms with Crippen molar-refractivity contribution < 1.29 is 0 Å². The summed E-state index contributed by atoms with van der Waals surface area (Å²) in [6, 6.07) is 8.43. The number of fused-ring (bicyclic) bond motifs is 1. The predicted molar refractivity (Wildman–Crippen MR) is 65.5 cm³/mol. The van der Waals surface area contributed by atoms with Gasteiger partial charge in [-0.15, -0.1) is 0 Å². The van der Waals surface area contributed by atoms with Gasteiger partial charge < -0.3 is 5.73 Å². The predicted octanol–water partition coefficient (Wildman–Crippen LogP) is 3.16. The van der Waals surface area contributed by atoms with E-state index in [1.54, 1.807) is 11.9 Å². The second-order valence-electron chi connectivity index (χ2n) is 3.92. The first-order valence-corrected chi connectivity index (χ1v) is 6.39. The molecule has 0 aliphatic carbocycles. The average Bonchev–Trinajstić information content (AvgIpc) is 2.57. The zero-order valence-corrected chi connectivity index (χ0v) is 9.96. The summed E-state index contributed by atoms with van der Waals surface area (Å²) in [6.07, 6.45) is 3.88. The molecule has 2 N–H and O–H groups in total. The monoisotopic (exact) mass is 222 g/mol. The molecule has 2 rings (SSSR count). The van der Waals surface area contributed by atoms with Crippen LogP contribution in [-0.2, 0) is 0 Å². The van der Waals surface area contributed by atoms with Crippen molar-refractivity contribution in [2.24, 2.45) is 5.73 Å². The summed E-state index contributed by atoms with van der Waals surface area (Å²) < 4.78 is 2.29. The molecule has 0 radical (unpaired) electrons. The minimum Gasteiger partial charge on any atom is -0.311 e. The fourth-order valence-corrected chi connectivity index (χ4v) is 2.98. The zero-order valence-electron chi connectivity index (χ0n) is 9.15. The SMILES string of the molecule is CCCCCN1Sc2ccccc2C1N. The zero-order chi connectivity index (χ0) is 10.7. The Morgan fingerprint density at radius 1 is 1.33 bits per heavy atom. The summed E-state index contributed by atoms with van der Waals surface area (Å²) in [4.78, 5) is 1.32. The van der Waals surface area contributed by atoms with Gasteiger partial charge in [-0.3, -0.25) is 0 Å². The van der Waals surface area contributed by atoms with Crippen molar-refractivity contribution in [3.8, 4) is 0 Å². The van der Waals surface area contributed by atoms with E-state index in [9.17, 15) is 0 Å². The molecule has 0 spiro atoms. The molecular weight excluding hydrogens is 204 g/mol. The number of nitrogens with zero attached hydrogens (tertiary/aromatic N) is 1. The number of rotatable bonds is 4. The molecular formula is C12H18N2S. The molecule has 0 amide bonds. The molecule has 0 aromatic heterocycles. The van der Waals surface area contributed by atoms with Crippen LogP contribution in [-0.4, -0.2) is 10.8 Å². The van der Waals surface area contributed by atoms with Crippen LogP contribution in [0.5, 0.6) is 0 Å². The van der Waals surface area contributed by atoms with Crippen molar-refractivity contribution in [3.63, 3.8) is 0 Å². The smallest absolute Gasteiger partial charge is 0.0944 e. The summed E-state index contributed by atoms with van der Waals surface area (Å²) in [5, 5.41) is 0. The first kappa shape index (κ1) is 11.0. The lowest BCUT2D eigenvalue weighted by Crippen LogP contribution is -2.25. The highest BCUT2D eigenvalue weighted by molar-refractivity contribution is 7.97. The molecule has 1 aromatic carbocycles. The average molecular weight is 222 g/mol. The van der Waals surface area contributed by atoms with E-state index in [1.165, 1.54) is 29.7 Å². The van der Waals surface area contributed by atoms with Gasteiger partial charge >= 0.3 is 0 Å². The first-order chi connectivity index (χ1) is 7.33. The third-order valence-electron chi connectivity index (χ3n) is 2.75. The molecule has 82 valence electrons. The summed E-state index contributed by atoms with van der Waals surface area (Å²) in [5.41, 5.74) is 7.45. The standard InChI is InChI=1S/C12H18N2S/c1-2-3-6-9-14-12(13)10-7-4-5-8-11(10)15-14/h4-5,7-8,12H,2-3,6,9,13H2,1H3. The van der Waals surface area contributed by atoms with Crippen LogP contribution in [0.1, 0.15) is 37.9 Å². The highest BCUT2D eigenvalue weighted by Crippen LogP contribution is 2.41. The Bertz CT molecular complexity index is 327. The van der Waals surface area contributed by atoms with Crippen molar-refractivity contribution in [1.29, 1.82) is 0 Å². The molecule has 0 saturated carbocycles. The van der Waals surface area contributed by atoms with E-state index in [0.29, 0.717) is 0 Å². The van der Waals surface area contributed by atoms with Gasteiger partial charge in [0.1, 0.15) is 0 Å². The van der Waals surface area contributed by atoms with Crippen LogP contribution in [0.3, 0.4) is 0 Å². The lowest BCUT2D eigenvalue weighted by molar-refractivity contribution is 0.369. The normalized spacial score (nSPS) is 20.5. The quantitative estimate of drug-likeness (QED) is 0.627. The van der Waals surface area contributed by atoms with Gasteiger partial charge in [-0.1, -0.05) is 38.0 Å². The Morgan fingerprint density at radius 2 is 2.13 bits per heavy atom. The molecule has 1 unspecified atom stereocenters. The Hall–Kier alpha value is -0.510. The van der Waals surface area contributed by atoms with Gasteiger partial charge in [-0.2, -0.15) is 0 Å². The van der Waals surface area contributed by atoms with Crippen LogP contribution in [0, 0.1) is 0 Å². The van der Waals surface area contributed by atoms with Crippen molar-refractivity contribution in [3.05, 3.63) is 29.8 Å². The van der Waals surface area contributed by atoms with E-state index < -0.39 is 0 Å². The maximum absolute atomic E-state index is 6.18. The van der Waals surface area contributed by atoms with E-state index in [1.807, 2.05) is 0 Å². The Kier molecular flexibility index (Phi) is 3.67. The molecule has 0 saturated heterocycles. The van der Waals surface area contributed by atoms with Crippen molar-refractivity contribution in [1.82, 2.24) is 4.31 Å². The van der Waals surface area contributed by atoms with Gasteiger partial charge in [0.2, 0.25) is 0 Å². The summed E-state index contributed by atoms with van der Waals surface area (Å²) in [7, 11) is 0. The van der Waals surface area contributed by atoms with Gasteiger partial charge in [0.05, 0.1) is 6.17 Å². The molecule has 1 aromatic rings. The van der Waals surface area contributed by atoms with Gasteiger partial charge in [-0.05, 0) is 30.0 Å². The van der Waals surface area contributed by atoms with Crippen LogP contribution in [0.15, 0.2) is 29.2 Å². The summed E-state index contributed by atoms with van der Waals surface area (Å²) in [6.45, 7) is 3.32. The van der Waals surface area contributed by atoms with Gasteiger partial charge in [0.15, 0.2) is 0 Å². The molecule has 1 heterocycles. The molecule has 1 aliphatic rings. The molecule has 3 heteroatoms.